The average molecular weight is 850 g/mol. The van der Waals surface area contributed by atoms with E-state index in [0.29, 0.717) is 0 Å². The Hall–Kier alpha value is -5.76. The quantitative estimate of drug-likeness (QED) is 0.122. The van der Waals surface area contributed by atoms with Crippen LogP contribution in [0.4, 0.5) is 0 Å². The van der Waals surface area contributed by atoms with Crippen LogP contribution < -0.4 is 0 Å². The van der Waals surface area contributed by atoms with Crippen molar-refractivity contribution in [1.29, 1.82) is 0 Å². The number of aromatic amines is 2. The number of hydrogen-bond acceptors (Lipinski definition) is 6. The van der Waals surface area contributed by atoms with Crippen LogP contribution in [-0.4, -0.2) is 65.7 Å². The van der Waals surface area contributed by atoms with Gasteiger partial charge in [-0.1, -0.05) is 76.3 Å². The van der Waals surface area contributed by atoms with Gasteiger partial charge in [0, 0.05) is 70.5 Å². The summed E-state index contributed by atoms with van der Waals surface area (Å²) in [6.07, 6.45) is 48.6. The largest absolute Gasteiger partial charge is 3.00 e. The Balaban J connectivity index is 0.00000514. The Morgan fingerprint density at radius 3 is 0.869 bits per heavy atom. The van der Waals surface area contributed by atoms with Gasteiger partial charge in [0.15, 0.2) is 0 Å². The fourth-order valence-electron chi connectivity index (χ4n) is 9.61. The van der Waals surface area contributed by atoms with E-state index in [2.05, 4.69) is 204 Å². The number of nitrogens with one attached hydrogen (secondary N) is 2. The molecule has 0 amide bonds. The van der Waals surface area contributed by atoms with E-state index in [9.17, 15) is 0 Å². The molecule has 0 spiro atoms. The van der Waals surface area contributed by atoms with Crippen molar-refractivity contribution in [3.05, 3.63) is 167 Å². The molecule has 0 aromatic carbocycles. The molecule has 0 fully saturated rings. The van der Waals surface area contributed by atoms with Crippen molar-refractivity contribution in [2.24, 2.45) is 0 Å². The predicted molar refractivity (Wildman–Crippen MR) is 251 cm³/mol. The molecule has 61 heavy (non-hydrogen) atoms. The summed E-state index contributed by atoms with van der Waals surface area (Å²) >= 11 is 0. The van der Waals surface area contributed by atoms with Gasteiger partial charge in [-0.25, -0.2) is 9.97 Å². The van der Waals surface area contributed by atoms with E-state index in [-0.39, 0.29) is 41.2 Å². The van der Waals surface area contributed by atoms with Crippen LogP contribution in [0.3, 0.4) is 0 Å². The molecule has 6 aliphatic heterocycles. The zero-order chi connectivity index (χ0) is 41.0. The van der Waals surface area contributed by atoms with E-state index in [1.807, 2.05) is 0 Å². The minimum atomic E-state index is -0.000233. The molecule has 4 unspecified atom stereocenters. The smallest absolute Gasteiger partial charge is 0.367 e. The van der Waals surface area contributed by atoms with Gasteiger partial charge in [0.25, 0.3) is 0 Å². The van der Waals surface area contributed by atoms with E-state index in [0.717, 1.165) is 119 Å². The molecule has 2 N–H and O–H groups in total. The van der Waals surface area contributed by atoms with Crippen molar-refractivity contribution in [2.45, 2.75) is 77.5 Å². The third-order valence-corrected chi connectivity index (χ3v) is 12.2. The van der Waals surface area contributed by atoms with Crippen LogP contribution in [0, 0.1) is 0 Å². The van der Waals surface area contributed by atoms with Gasteiger partial charge in [-0.15, -0.1) is 0 Å². The first-order valence-corrected chi connectivity index (χ1v) is 22.2. The van der Waals surface area contributed by atoms with Crippen molar-refractivity contribution in [1.82, 2.24) is 39.5 Å². The van der Waals surface area contributed by atoms with Crippen molar-refractivity contribution in [3.63, 3.8) is 0 Å². The monoisotopic (exact) mass is 849 g/mol. The molecule has 8 nitrogen and oxygen atoms in total. The van der Waals surface area contributed by atoms with Crippen molar-refractivity contribution in [2.75, 3.05) is 26.2 Å². The van der Waals surface area contributed by atoms with Gasteiger partial charge in [0.2, 0.25) is 0 Å². The minimum absolute atomic E-state index is 0. The third kappa shape index (κ3) is 8.21. The molecule has 0 saturated carbocycles. The number of aromatic nitrogens is 4. The number of fused-ring (bicyclic) bond motifs is 8. The standard InChI is InChI=1S/C52H58N8.Mn/c1-5-29-57-33-13-9-17-45(57)49-37-21-23-39(53-37)50(46-18-10-14-34-58(46)30-6-2)41-25-27-43(55-41)52(48-20-12-16-36-60(48)32-8-4)44-28-26-42(56-44)51(40-24-22-38(49)54-40)47-19-11-15-35-59(47)31-7-3;/h9-28,33-36,45-48,53,56H,5-8,29-32H2,1-4H3;/q;+3. The summed E-state index contributed by atoms with van der Waals surface area (Å²) < 4.78 is 0. The van der Waals surface area contributed by atoms with E-state index in [4.69, 9.17) is 9.97 Å². The van der Waals surface area contributed by atoms with Crippen LogP contribution >= 0.6 is 0 Å². The summed E-state index contributed by atoms with van der Waals surface area (Å²) in [4.78, 5) is 29.1. The first-order chi connectivity index (χ1) is 29.6. The summed E-state index contributed by atoms with van der Waals surface area (Å²) in [5, 5.41) is 0. The SMILES string of the molecule is CCCN1C=CC=CC1c1c2nc(c(C3C=CC=CN3CCC)c3ccc([nH]3)c(C3C=CC=CN3CCC)c3nc(c(C4C=CC=CN4CCC)c4ccc1[nH]4)C=C3)C=C2.[Mn+3]. The Bertz CT molecular complexity index is 2230. The van der Waals surface area contributed by atoms with E-state index in [1.165, 1.54) is 0 Å². The Morgan fingerprint density at radius 1 is 0.393 bits per heavy atom. The normalized spacial score (nSPS) is 21.0. The molecule has 310 valence electrons. The Labute approximate surface area is 372 Å². The molecule has 6 aliphatic rings. The van der Waals surface area contributed by atoms with Gasteiger partial charge in [0.05, 0.1) is 46.9 Å². The Kier molecular flexibility index (Phi) is 13.0. The molecule has 0 saturated heterocycles. The van der Waals surface area contributed by atoms with E-state index in [1.54, 1.807) is 0 Å². The predicted octanol–water partition coefficient (Wildman–Crippen LogP) is 12.0. The molecule has 9 rings (SSSR count). The number of hydrogen-bond donors (Lipinski definition) is 2. The van der Waals surface area contributed by atoms with Gasteiger partial charge in [0.1, 0.15) is 0 Å². The van der Waals surface area contributed by atoms with Gasteiger partial charge in [-0.05, 0) is 123 Å². The van der Waals surface area contributed by atoms with Crippen LogP contribution in [0.2, 0.25) is 0 Å². The summed E-state index contributed by atoms with van der Waals surface area (Å²) in [7, 11) is 0. The van der Waals surface area contributed by atoms with Crippen LogP contribution in [-0.2, 0) is 17.1 Å². The number of rotatable bonds is 12. The maximum atomic E-state index is 5.65. The number of nitrogens with zero attached hydrogens (tertiary/aromatic N) is 6. The molecule has 9 heteroatoms. The molecular weight excluding hydrogens is 792 g/mol. The first kappa shape index (κ1) is 42.0. The van der Waals surface area contributed by atoms with Crippen LogP contribution in [0.15, 0.2) is 122 Å². The second-order valence-electron chi connectivity index (χ2n) is 16.3. The minimum Gasteiger partial charge on any atom is -0.367 e. The number of H-pyrrole nitrogens is 2. The van der Waals surface area contributed by atoms with Gasteiger partial charge < -0.3 is 29.6 Å². The van der Waals surface area contributed by atoms with Crippen molar-refractivity contribution in [3.8, 4) is 0 Å². The summed E-state index contributed by atoms with van der Waals surface area (Å²) in [5.41, 5.74) is 12.8. The summed E-state index contributed by atoms with van der Waals surface area (Å²) in [6.45, 7) is 12.8. The summed E-state index contributed by atoms with van der Waals surface area (Å²) in [5.74, 6) is 0. The van der Waals surface area contributed by atoms with Crippen molar-refractivity contribution >= 4 is 46.4 Å². The van der Waals surface area contributed by atoms with Gasteiger partial charge in [-0.3, -0.25) is 0 Å². The Morgan fingerprint density at radius 2 is 0.639 bits per heavy atom. The zero-order valence-corrected chi connectivity index (χ0v) is 37.1. The third-order valence-electron chi connectivity index (χ3n) is 12.2. The molecular formula is C52H58MnN8+3. The van der Waals surface area contributed by atoms with Gasteiger partial charge >= 0.3 is 17.1 Å². The molecule has 9 heterocycles. The van der Waals surface area contributed by atoms with E-state index < -0.39 is 0 Å². The molecule has 0 aliphatic carbocycles. The molecule has 3 aromatic rings. The van der Waals surface area contributed by atoms with Crippen LogP contribution in [0.25, 0.3) is 46.4 Å². The van der Waals surface area contributed by atoms with Crippen LogP contribution in [0.1, 0.15) is 123 Å². The van der Waals surface area contributed by atoms with Crippen molar-refractivity contribution < 1.29 is 17.1 Å². The second-order valence-corrected chi connectivity index (χ2v) is 16.3. The number of allylic oxidation sites excluding steroid dienone is 8. The zero-order valence-electron chi connectivity index (χ0n) is 35.9. The fraction of sp³-hybridized carbons (Fsp3) is 0.308. The average Bonchev–Trinajstić information content (AvgIpc) is 4.12. The molecule has 0 radical (unpaired) electrons. The maximum Gasteiger partial charge on any atom is 3.00 e. The second kappa shape index (κ2) is 18.9. The maximum absolute atomic E-state index is 5.65. The molecule has 8 bridgehead atoms. The molecule has 4 atom stereocenters. The van der Waals surface area contributed by atoms with Gasteiger partial charge in [-0.2, -0.15) is 0 Å². The van der Waals surface area contributed by atoms with Crippen LogP contribution in [0.5, 0.6) is 0 Å². The fourth-order valence-corrected chi connectivity index (χ4v) is 9.61. The van der Waals surface area contributed by atoms with E-state index >= 15 is 0 Å². The molecule has 3 aromatic heterocycles. The first-order valence-electron chi connectivity index (χ1n) is 22.2. The topological polar surface area (TPSA) is 70.3 Å². The summed E-state index contributed by atoms with van der Waals surface area (Å²) in [6, 6.07) is 9.06.